The molecule has 0 amide bonds. The smallest absolute Gasteiger partial charge is 0.314 e. The lowest BCUT2D eigenvalue weighted by Gasteiger charge is -2.37. The van der Waals surface area contributed by atoms with Gasteiger partial charge in [0.15, 0.2) is 17.9 Å². The Morgan fingerprint density at radius 3 is 2.31 bits per heavy atom. The van der Waals surface area contributed by atoms with Crippen molar-refractivity contribution < 1.29 is 28.1 Å². The summed E-state index contributed by atoms with van der Waals surface area (Å²) in [5, 5.41) is 0. The summed E-state index contributed by atoms with van der Waals surface area (Å²) in [5.74, 6) is 0.128. The lowest BCUT2D eigenvalue weighted by molar-refractivity contribution is -0.230. The number of carbonyl (C=O) groups excluding carboxylic acids is 1. The summed E-state index contributed by atoms with van der Waals surface area (Å²) in [6.07, 6.45) is 13.6. The highest BCUT2D eigenvalue weighted by Crippen LogP contribution is 2.35. The van der Waals surface area contributed by atoms with Crippen LogP contribution >= 0.6 is 0 Å². The highest BCUT2D eigenvalue weighted by molar-refractivity contribution is 5.75. The van der Waals surface area contributed by atoms with Gasteiger partial charge >= 0.3 is 5.97 Å². The number of esters is 1. The molecule has 1 saturated carbocycles. The van der Waals surface area contributed by atoms with Crippen molar-refractivity contribution in [1.82, 2.24) is 0 Å². The fraction of sp³-hybridized carbons (Fsp3) is 0.759. The standard InChI is InChI=1S/C29H45FO5/c1-3-5-7-8-10-18-32-25-16-17-27(26(30)19-25)35-28(31)23-12-14-24(15-13-23)29-33-20-22(21-34-29)11-9-6-4-2/h16-17,19,22-24,29H,3-15,18,20-21H2,1-2H3. The zero-order valence-corrected chi connectivity index (χ0v) is 21.8. The molecule has 1 saturated heterocycles. The molecule has 0 bridgehead atoms. The first-order chi connectivity index (χ1) is 17.1. The molecular formula is C29H45FO5. The van der Waals surface area contributed by atoms with Gasteiger partial charge in [-0.15, -0.1) is 0 Å². The van der Waals surface area contributed by atoms with E-state index in [2.05, 4.69) is 13.8 Å². The van der Waals surface area contributed by atoms with Gasteiger partial charge in [0.25, 0.3) is 0 Å². The second-order valence-electron chi connectivity index (χ2n) is 10.3. The van der Waals surface area contributed by atoms with Crippen molar-refractivity contribution in [3.63, 3.8) is 0 Å². The second kappa shape index (κ2) is 15.5. The van der Waals surface area contributed by atoms with Crippen LogP contribution in [0.1, 0.15) is 97.3 Å². The maximum atomic E-state index is 14.5. The number of hydrogen-bond acceptors (Lipinski definition) is 5. The molecule has 0 N–H and O–H groups in total. The van der Waals surface area contributed by atoms with E-state index in [4.69, 9.17) is 18.9 Å². The van der Waals surface area contributed by atoms with Crippen LogP contribution in [0.4, 0.5) is 4.39 Å². The highest BCUT2D eigenvalue weighted by atomic mass is 19.1. The molecule has 0 aromatic heterocycles. The minimum atomic E-state index is -0.562. The SMILES string of the molecule is CCCCCCCOc1ccc(OC(=O)C2CCC(C3OCC(CCCCC)CO3)CC2)c(F)c1. The molecular weight excluding hydrogens is 447 g/mol. The van der Waals surface area contributed by atoms with E-state index in [1.54, 1.807) is 6.07 Å². The fourth-order valence-electron chi connectivity index (χ4n) is 5.05. The maximum Gasteiger partial charge on any atom is 0.314 e. The number of unbranched alkanes of at least 4 members (excludes halogenated alkanes) is 6. The monoisotopic (exact) mass is 492 g/mol. The van der Waals surface area contributed by atoms with Crippen molar-refractivity contribution in [3.05, 3.63) is 24.0 Å². The van der Waals surface area contributed by atoms with Crippen LogP contribution in [0, 0.1) is 23.6 Å². The number of ether oxygens (including phenoxy) is 4. The van der Waals surface area contributed by atoms with E-state index in [9.17, 15) is 9.18 Å². The van der Waals surface area contributed by atoms with Crippen LogP contribution in [0.5, 0.6) is 11.5 Å². The molecule has 0 unspecified atom stereocenters. The topological polar surface area (TPSA) is 54.0 Å². The summed E-state index contributed by atoms with van der Waals surface area (Å²) in [6, 6.07) is 4.46. The largest absolute Gasteiger partial charge is 0.493 e. The second-order valence-corrected chi connectivity index (χ2v) is 10.3. The Morgan fingerprint density at radius 2 is 1.63 bits per heavy atom. The molecule has 6 heteroatoms. The molecule has 2 aliphatic rings. The van der Waals surface area contributed by atoms with Gasteiger partial charge in [0, 0.05) is 17.9 Å². The molecule has 1 aliphatic carbocycles. The average molecular weight is 493 g/mol. The van der Waals surface area contributed by atoms with E-state index in [0.717, 1.165) is 38.9 Å². The Bertz CT molecular complexity index is 739. The lowest BCUT2D eigenvalue weighted by Crippen LogP contribution is -2.39. The zero-order valence-electron chi connectivity index (χ0n) is 21.8. The van der Waals surface area contributed by atoms with Crippen molar-refractivity contribution >= 4 is 5.97 Å². The van der Waals surface area contributed by atoms with Crippen LogP contribution in [0.2, 0.25) is 0 Å². The Morgan fingerprint density at radius 1 is 0.943 bits per heavy atom. The number of rotatable bonds is 14. The van der Waals surface area contributed by atoms with Gasteiger partial charge in [-0.25, -0.2) is 4.39 Å². The number of hydrogen-bond donors (Lipinski definition) is 0. The molecule has 0 radical (unpaired) electrons. The molecule has 0 spiro atoms. The average Bonchev–Trinajstić information content (AvgIpc) is 2.88. The van der Waals surface area contributed by atoms with Gasteiger partial charge in [-0.1, -0.05) is 58.8 Å². The third kappa shape index (κ3) is 9.38. The molecule has 1 aliphatic heterocycles. The van der Waals surface area contributed by atoms with Crippen LogP contribution in [-0.4, -0.2) is 32.1 Å². The van der Waals surface area contributed by atoms with E-state index < -0.39 is 5.82 Å². The van der Waals surface area contributed by atoms with Gasteiger partial charge in [0.05, 0.1) is 25.7 Å². The highest BCUT2D eigenvalue weighted by Gasteiger charge is 2.35. The molecule has 35 heavy (non-hydrogen) atoms. The van der Waals surface area contributed by atoms with E-state index in [1.807, 2.05) is 0 Å². The van der Waals surface area contributed by atoms with Crippen LogP contribution < -0.4 is 9.47 Å². The fourth-order valence-corrected chi connectivity index (χ4v) is 5.05. The summed E-state index contributed by atoms with van der Waals surface area (Å²) < 4.78 is 37.6. The minimum absolute atomic E-state index is 0.0273. The summed E-state index contributed by atoms with van der Waals surface area (Å²) >= 11 is 0. The third-order valence-corrected chi connectivity index (χ3v) is 7.33. The van der Waals surface area contributed by atoms with Crippen LogP contribution in [-0.2, 0) is 14.3 Å². The molecule has 2 fully saturated rings. The number of halogens is 1. The summed E-state index contributed by atoms with van der Waals surface area (Å²) in [4.78, 5) is 12.7. The first-order valence-electron chi connectivity index (χ1n) is 14.0. The maximum absolute atomic E-state index is 14.5. The first-order valence-corrected chi connectivity index (χ1v) is 14.0. The Hall–Kier alpha value is -1.66. The van der Waals surface area contributed by atoms with Crippen molar-refractivity contribution in [2.75, 3.05) is 19.8 Å². The lowest BCUT2D eigenvalue weighted by atomic mass is 9.81. The van der Waals surface area contributed by atoms with E-state index in [-0.39, 0.29) is 23.9 Å². The molecule has 198 valence electrons. The van der Waals surface area contributed by atoms with Gasteiger partial charge in [-0.3, -0.25) is 4.79 Å². The molecule has 1 aromatic carbocycles. The summed E-state index contributed by atoms with van der Waals surface area (Å²) in [7, 11) is 0. The van der Waals surface area contributed by atoms with E-state index in [0.29, 0.717) is 37.0 Å². The first kappa shape index (κ1) is 27.9. The molecule has 3 rings (SSSR count). The number of carbonyl (C=O) groups is 1. The van der Waals surface area contributed by atoms with Crippen molar-refractivity contribution in [3.8, 4) is 11.5 Å². The predicted octanol–water partition coefficient (Wildman–Crippen LogP) is 7.46. The van der Waals surface area contributed by atoms with E-state index >= 15 is 0 Å². The van der Waals surface area contributed by atoms with Crippen molar-refractivity contribution in [2.45, 2.75) is 104 Å². The Kier molecular flexibility index (Phi) is 12.3. The van der Waals surface area contributed by atoms with Crippen LogP contribution in [0.15, 0.2) is 18.2 Å². The molecule has 1 aromatic rings. The molecule has 1 heterocycles. The Labute approximate surface area is 211 Å². The van der Waals surface area contributed by atoms with Gasteiger partial charge in [-0.05, 0) is 50.7 Å². The molecule has 0 atom stereocenters. The number of benzene rings is 1. The summed E-state index contributed by atoms with van der Waals surface area (Å²) in [6.45, 7) is 6.51. The summed E-state index contributed by atoms with van der Waals surface area (Å²) in [5.41, 5.74) is 0. The molecule has 5 nitrogen and oxygen atoms in total. The predicted molar refractivity (Wildman–Crippen MR) is 135 cm³/mol. The van der Waals surface area contributed by atoms with Crippen LogP contribution in [0.25, 0.3) is 0 Å². The normalized spacial score (nSPS) is 24.8. The van der Waals surface area contributed by atoms with Gasteiger partial charge < -0.3 is 18.9 Å². The van der Waals surface area contributed by atoms with Crippen LogP contribution in [0.3, 0.4) is 0 Å². The van der Waals surface area contributed by atoms with Gasteiger partial charge in [0.1, 0.15) is 5.75 Å². The van der Waals surface area contributed by atoms with Crippen molar-refractivity contribution in [2.24, 2.45) is 17.8 Å². The quantitative estimate of drug-likeness (QED) is 0.153. The zero-order chi connectivity index (χ0) is 24.9. The third-order valence-electron chi connectivity index (χ3n) is 7.33. The van der Waals surface area contributed by atoms with E-state index in [1.165, 1.54) is 57.1 Å². The van der Waals surface area contributed by atoms with Gasteiger partial charge in [-0.2, -0.15) is 0 Å². The van der Waals surface area contributed by atoms with Gasteiger partial charge in [0.2, 0.25) is 0 Å². The Balaban J connectivity index is 1.35. The van der Waals surface area contributed by atoms with Crippen molar-refractivity contribution in [1.29, 1.82) is 0 Å². The minimum Gasteiger partial charge on any atom is -0.493 e.